The second-order valence-corrected chi connectivity index (χ2v) is 9.92. The standard InChI is InChI=1S/C24H36N4O7/c1-24(2,3)25-23(35)18-6-4-17(5-7-18)12-19-13-27(15-21(31)32)9-8-26(14-20(29)30)10-11-28(19)16-22(33)34/h4-7,19H,8-16H2,1-3H3,(H,25,35)(H,29,30)(H,31,32)(H,33,34). The SMILES string of the molecule is CC(C)(C)NC(=O)c1ccc(CC2CN(CC(=O)O)CCN(CC(=O)O)CCN2CC(=O)O)cc1. The minimum Gasteiger partial charge on any atom is -0.480 e. The molecule has 1 amide bonds. The van der Waals surface area contributed by atoms with Crippen molar-refractivity contribution in [2.45, 2.75) is 38.8 Å². The van der Waals surface area contributed by atoms with E-state index in [1.807, 2.05) is 32.9 Å². The number of benzene rings is 1. The normalized spacial score (nSPS) is 18.8. The second-order valence-electron chi connectivity index (χ2n) is 9.92. The maximum Gasteiger partial charge on any atom is 0.317 e. The van der Waals surface area contributed by atoms with Crippen LogP contribution in [0.15, 0.2) is 24.3 Å². The smallest absolute Gasteiger partial charge is 0.317 e. The molecule has 0 saturated carbocycles. The molecule has 11 nitrogen and oxygen atoms in total. The van der Waals surface area contributed by atoms with Crippen LogP contribution in [-0.4, -0.2) is 118 Å². The van der Waals surface area contributed by atoms with Crippen molar-refractivity contribution in [3.8, 4) is 0 Å². The van der Waals surface area contributed by atoms with Crippen molar-refractivity contribution >= 4 is 23.8 Å². The Morgan fingerprint density at radius 2 is 1.34 bits per heavy atom. The number of carbonyl (C=O) groups excluding carboxylic acids is 1. The molecule has 0 bridgehead atoms. The van der Waals surface area contributed by atoms with Crippen molar-refractivity contribution in [3.63, 3.8) is 0 Å². The molecule has 2 rings (SSSR count). The molecule has 1 fully saturated rings. The average Bonchev–Trinajstić information content (AvgIpc) is 2.78. The Labute approximate surface area is 205 Å². The number of hydrogen-bond acceptors (Lipinski definition) is 7. The molecule has 0 spiro atoms. The molecule has 1 aliphatic heterocycles. The molecule has 1 aromatic carbocycles. The van der Waals surface area contributed by atoms with Crippen LogP contribution in [0.25, 0.3) is 0 Å². The molecule has 0 aliphatic carbocycles. The van der Waals surface area contributed by atoms with Gasteiger partial charge in [-0.1, -0.05) is 12.1 Å². The number of amides is 1. The van der Waals surface area contributed by atoms with Gasteiger partial charge in [0.15, 0.2) is 0 Å². The zero-order valence-corrected chi connectivity index (χ0v) is 20.6. The molecule has 1 aromatic rings. The number of rotatable bonds is 9. The van der Waals surface area contributed by atoms with Gasteiger partial charge in [0.25, 0.3) is 5.91 Å². The first-order valence-corrected chi connectivity index (χ1v) is 11.6. The molecule has 1 saturated heterocycles. The van der Waals surface area contributed by atoms with Crippen molar-refractivity contribution in [3.05, 3.63) is 35.4 Å². The molecule has 1 atom stereocenters. The Bertz CT molecular complexity index is 898. The van der Waals surface area contributed by atoms with Crippen molar-refractivity contribution in [2.75, 3.05) is 52.4 Å². The predicted molar refractivity (Wildman–Crippen MR) is 129 cm³/mol. The summed E-state index contributed by atoms with van der Waals surface area (Å²) in [5.41, 5.74) is 1.03. The fourth-order valence-electron chi connectivity index (χ4n) is 4.09. The number of carboxylic acids is 3. The molecule has 0 aromatic heterocycles. The summed E-state index contributed by atoms with van der Waals surface area (Å²) in [6, 6.07) is 6.76. The first kappa shape index (κ1) is 28.2. The quantitative estimate of drug-likeness (QED) is 0.379. The third-order valence-electron chi connectivity index (χ3n) is 5.65. The summed E-state index contributed by atoms with van der Waals surface area (Å²) in [6.45, 7) is 6.71. The average molecular weight is 493 g/mol. The van der Waals surface area contributed by atoms with Crippen LogP contribution >= 0.6 is 0 Å². The number of nitrogens with zero attached hydrogens (tertiary/aromatic N) is 3. The zero-order valence-electron chi connectivity index (χ0n) is 20.6. The Morgan fingerprint density at radius 3 is 1.89 bits per heavy atom. The van der Waals surface area contributed by atoms with Crippen LogP contribution in [0.3, 0.4) is 0 Å². The Balaban J connectivity index is 2.26. The molecule has 1 unspecified atom stereocenters. The van der Waals surface area contributed by atoms with Crippen LogP contribution in [0.4, 0.5) is 0 Å². The molecule has 4 N–H and O–H groups in total. The summed E-state index contributed by atoms with van der Waals surface area (Å²) < 4.78 is 0. The summed E-state index contributed by atoms with van der Waals surface area (Å²) in [5, 5.41) is 31.0. The lowest BCUT2D eigenvalue weighted by Crippen LogP contribution is -2.49. The van der Waals surface area contributed by atoms with Gasteiger partial charge in [-0.2, -0.15) is 0 Å². The van der Waals surface area contributed by atoms with Gasteiger partial charge < -0.3 is 20.6 Å². The van der Waals surface area contributed by atoms with Crippen LogP contribution < -0.4 is 5.32 Å². The third kappa shape index (κ3) is 10.4. The fraction of sp³-hybridized carbons (Fsp3) is 0.583. The van der Waals surface area contributed by atoms with E-state index in [1.165, 1.54) is 0 Å². The number of carbonyl (C=O) groups is 4. The maximum absolute atomic E-state index is 12.4. The molecule has 11 heteroatoms. The van der Waals surface area contributed by atoms with Gasteiger partial charge in [-0.05, 0) is 44.9 Å². The van der Waals surface area contributed by atoms with Crippen LogP contribution in [0.2, 0.25) is 0 Å². The van der Waals surface area contributed by atoms with Crippen LogP contribution in [0.1, 0.15) is 36.7 Å². The minimum absolute atomic E-state index is 0.190. The Kier molecular flexibility index (Phi) is 10.2. The van der Waals surface area contributed by atoms with Gasteiger partial charge in [0.05, 0.1) is 19.6 Å². The Morgan fingerprint density at radius 1 is 0.829 bits per heavy atom. The molecule has 35 heavy (non-hydrogen) atoms. The predicted octanol–water partition coefficient (Wildman–Crippen LogP) is 0.299. The largest absolute Gasteiger partial charge is 0.480 e. The summed E-state index contributed by atoms with van der Waals surface area (Å²) in [7, 11) is 0. The Hall–Kier alpha value is -3.02. The lowest BCUT2D eigenvalue weighted by molar-refractivity contribution is -0.140. The molecule has 0 radical (unpaired) electrons. The molecular formula is C24H36N4O7. The minimum atomic E-state index is -1.02. The van der Waals surface area contributed by atoms with Crippen LogP contribution in [-0.2, 0) is 20.8 Å². The fourth-order valence-corrected chi connectivity index (χ4v) is 4.09. The van der Waals surface area contributed by atoms with E-state index in [2.05, 4.69) is 5.32 Å². The highest BCUT2D eigenvalue weighted by molar-refractivity contribution is 5.94. The number of carboxylic acid groups (broad SMARTS) is 3. The zero-order chi connectivity index (χ0) is 26.2. The van der Waals surface area contributed by atoms with E-state index in [-0.39, 0.29) is 37.1 Å². The number of hydrogen-bond donors (Lipinski definition) is 4. The first-order chi connectivity index (χ1) is 16.3. The van der Waals surface area contributed by atoms with E-state index in [1.54, 1.807) is 26.8 Å². The van der Waals surface area contributed by atoms with Crippen LogP contribution in [0, 0.1) is 0 Å². The molecule has 1 heterocycles. The van der Waals surface area contributed by atoms with Gasteiger partial charge in [-0.25, -0.2) is 0 Å². The van der Waals surface area contributed by atoms with E-state index >= 15 is 0 Å². The maximum atomic E-state index is 12.4. The lowest BCUT2D eigenvalue weighted by Gasteiger charge is -2.33. The van der Waals surface area contributed by atoms with Gasteiger partial charge in [-0.15, -0.1) is 0 Å². The van der Waals surface area contributed by atoms with E-state index in [9.17, 15) is 34.5 Å². The van der Waals surface area contributed by atoms with Crippen molar-refractivity contribution in [1.29, 1.82) is 0 Å². The van der Waals surface area contributed by atoms with Gasteiger partial charge in [-0.3, -0.25) is 33.9 Å². The van der Waals surface area contributed by atoms with Gasteiger partial charge in [0, 0.05) is 49.9 Å². The van der Waals surface area contributed by atoms with Crippen LogP contribution in [0.5, 0.6) is 0 Å². The first-order valence-electron chi connectivity index (χ1n) is 11.6. The summed E-state index contributed by atoms with van der Waals surface area (Å²) in [4.78, 5) is 51.9. The van der Waals surface area contributed by atoms with Crippen molar-refractivity contribution in [1.82, 2.24) is 20.0 Å². The topological polar surface area (TPSA) is 151 Å². The lowest BCUT2D eigenvalue weighted by atomic mass is 10.0. The van der Waals surface area contributed by atoms with E-state index in [0.29, 0.717) is 44.7 Å². The molecule has 194 valence electrons. The van der Waals surface area contributed by atoms with E-state index in [4.69, 9.17) is 0 Å². The van der Waals surface area contributed by atoms with Gasteiger partial charge >= 0.3 is 17.9 Å². The number of aliphatic carboxylic acids is 3. The second kappa shape index (κ2) is 12.6. The highest BCUT2D eigenvalue weighted by Crippen LogP contribution is 2.15. The van der Waals surface area contributed by atoms with Crippen molar-refractivity contribution in [2.24, 2.45) is 0 Å². The highest BCUT2D eigenvalue weighted by Gasteiger charge is 2.28. The number of nitrogens with one attached hydrogen (secondary N) is 1. The molecule has 1 aliphatic rings. The highest BCUT2D eigenvalue weighted by atomic mass is 16.4. The molecular weight excluding hydrogens is 456 g/mol. The van der Waals surface area contributed by atoms with E-state index < -0.39 is 17.9 Å². The summed E-state index contributed by atoms with van der Waals surface area (Å²) in [6.07, 6.45) is 0.448. The van der Waals surface area contributed by atoms with E-state index in [0.717, 1.165) is 5.56 Å². The monoisotopic (exact) mass is 492 g/mol. The van der Waals surface area contributed by atoms with Gasteiger partial charge in [0.1, 0.15) is 0 Å². The summed E-state index contributed by atoms with van der Waals surface area (Å²) in [5.74, 6) is -3.21. The van der Waals surface area contributed by atoms with Gasteiger partial charge in [0.2, 0.25) is 0 Å². The van der Waals surface area contributed by atoms with Crippen molar-refractivity contribution < 1.29 is 34.5 Å². The summed E-state index contributed by atoms with van der Waals surface area (Å²) >= 11 is 0. The third-order valence-corrected chi connectivity index (χ3v) is 5.65.